The van der Waals surface area contributed by atoms with Gasteiger partial charge in [-0.1, -0.05) is 19.9 Å². The Morgan fingerprint density at radius 1 is 1.39 bits per heavy atom. The first-order valence-corrected chi connectivity index (χ1v) is 6.25. The standard InChI is InChI=1S/C14H20ClNO2/c1-9-6-10(2)12(11(7-9)18-5)14(3,4)8-16-13(15)17/h6-7H,8H2,1-5H3,(H,16,17). The van der Waals surface area contributed by atoms with E-state index in [1.165, 1.54) is 0 Å². The number of carbonyl (C=O) groups is 1. The normalized spacial score (nSPS) is 11.2. The molecule has 1 rings (SSSR count). The molecule has 0 unspecified atom stereocenters. The molecule has 0 aliphatic heterocycles. The Morgan fingerprint density at radius 2 is 2.00 bits per heavy atom. The molecular formula is C14H20ClNO2. The highest BCUT2D eigenvalue weighted by Crippen LogP contribution is 2.35. The molecular weight excluding hydrogens is 250 g/mol. The van der Waals surface area contributed by atoms with E-state index in [0.717, 1.165) is 22.4 Å². The van der Waals surface area contributed by atoms with E-state index in [2.05, 4.69) is 32.2 Å². The summed E-state index contributed by atoms with van der Waals surface area (Å²) in [6.45, 7) is 8.66. The van der Waals surface area contributed by atoms with E-state index in [1.807, 2.05) is 13.0 Å². The van der Waals surface area contributed by atoms with Crippen molar-refractivity contribution in [1.29, 1.82) is 0 Å². The number of nitrogens with one attached hydrogen (secondary N) is 1. The summed E-state index contributed by atoms with van der Waals surface area (Å²) < 4.78 is 5.45. The summed E-state index contributed by atoms with van der Waals surface area (Å²) in [4.78, 5) is 10.8. The van der Waals surface area contributed by atoms with Crippen LogP contribution >= 0.6 is 11.6 Å². The fourth-order valence-electron chi connectivity index (χ4n) is 2.34. The number of hydrogen-bond acceptors (Lipinski definition) is 2. The Hall–Kier alpha value is -1.22. The van der Waals surface area contributed by atoms with Crippen LogP contribution in [0.3, 0.4) is 0 Å². The number of benzene rings is 1. The van der Waals surface area contributed by atoms with Gasteiger partial charge in [-0.3, -0.25) is 4.79 Å². The van der Waals surface area contributed by atoms with Gasteiger partial charge < -0.3 is 10.1 Å². The number of rotatable bonds is 4. The van der Waals surface area contributed by atoms with Crippen molar-refractivity contribution in [3.63, 3.8) is 0 Å². The average molecular weight is 270 g/mol. The molecule has 1 aromatic carbocycles. The fraction of sp³-hybridized carbons (Fsp3) is 0.500. The molecule has 4 heteroatoms. The first kappa shape index (κ1) is 14.8. The quantitative estimate of drug-likeness (QED) is 0.671. The summed E-state index contributed by atoms with van der Waals surface area (Å²) >= 11 is 5.33. The van der Waals surface area contributed by atoms with E-state index in [9.17, 15) is 4.79 Å². The lowest BCUT2D eigenvalue weighted by molar-refractivity contribution is 0.257. The highest BCUT2D eigenvalue weighted by molar-refractivity contribution is 6.62. The Labute approximate surface area is 113 Å². The van der Waals surface area contributed by atoms with Gasteiger partial charge in [0.05, 0.1) is 7.11 Å². The van der Waals surface area contributed by atoms with Crippen LogP contribution in [0.1, 0.15) is 30.5 Å². The highest BCUT2D eigenvalue weighted by atomic mass is 35.5. The molecule has 18 heavy (non-hydrogen) atoms. The minimum Gasteiger partial charge on any atom is -0.496 e. The molecule has 1 amide bonds. The number of aryl methyl sites for hydroxylation is 2. The molecule has 0 saturated heterocycles. The van der Waals surface area contributed by atoms with Gasteiger partial charge in [0.1, 0.15) is 5.75 Å². The van der Waals surface area contributed by atoms with Crippen LogP contribution in [0.4, 0.5) is 4.79 Å². The third-order valence-corrected chi connectivity index (χ3v) is 3.14. The summed E-state index contributed by atoms with van der Waals surface area (Å²) in [5.41, 5.74) is 3.17. The molecule has 0 heterocycles. The molecule has 0 atom stereocenters. The van der Waals surface area contributed by atoms with Crippen LogP contribution in [0.15, 0.2) is 12.1 Å². The zero-order valence-corrected chi connectivity index (χ0v) is 12.3. The zero-order chi connectivity index (χ0) is 13.9. The predicted molar refractivity (Wildman–Crippen MR) is 74.7 cm³/mol. The van der Waals surface area contributed by atoms with Gasteiger partial charge in [0.2, 0.25) is 0 Å². The second-order valence-electron chi connectivity index (χ2n) is 5.17. The van der Waals surface area contributed by atoms with Crippen LogP contribution in [-0.2, 0) is 5.41 Å². The Balaban J connectivity index is 3.17. The Morgan fingerprint density at radius 3 is 2.50 bits per heavy atom. The van der Waals surface area contributed by atoms with Crippen molar-refractivity contribution in [2.75, 3.05) is 13.7 Å². The van der Waals surface area contributed by atoms with Gasteiger partial charge in [-0.2, -0.15) is 0 Å². The van der Waals surface area contributed by atoms with Gasteiger partial charge in [0.25, 0.3) is 0 Å². The first-order valence-electron chi connectivity index (χ1n) is 5.87. The zero-order valence-electron chi connectivity index (χ0n) is 11.6. The number of halogens is 1. The molecule has 0 radical (unpaired) electrons. The molecule has 0 bridgehead atoms. The van der Waals surface area contributed by atoms with E-state index in [1.54, 1.807) is 7.11 Å². The molecule has 0 aliphatic rings. The number of amides is 1. The van der Waals surface area contributed by atoms with Crippen LogP contribution in [0.2, 0.25) is 0 Å². The van der Waals surface area contributed by atoms with E-state index in [0.29, 0.717) is 6.54 Å². The summed E-state index contributed by atoms with van der Waals surface area (Å²) in [6.07, 6.45) is 0. The summed E-state index contributed by atoms with van der Waals surface area (Å²) in [6, 6.07) is 4.12. The van der Waals surface area contributed by atoms with E-state index in [-0.39, 0.29) is 5.41 Å². The average Bonchev–Trinajstić information content (AvgIpc) is 2.24. The SMILES string of the molecule is COc1cc(C)cc(C)c1C(C)(C)CNC(=O)Cl. The maximum atomic E-state index is 10.8. The lowest BCUT2D eigenvalue weighted by Gasteiger charge is -2.29. The van der Waals surface area contributed by atoms with Crippen molar-refractivity contribution in [3.8, 4) is 5.75 Å². The molecule has 0 spiro atoms. The third-order valence-electron chi connectivity index (χ3n) is 3.01. The van der Waals surface area contributed by atoms with Crippen molar-refractivity contribution in [2.45, 2.75) is 33.1 Å². The van der Waals surface area contributed by atoms with Gasteiger partial charge in [-0.05, 0) is 42.6 Å². The van der Waals surface area contributed by atoms with Crippen molar-refractivity contribution in [3.05, 3.63) is 28.8 Å². The molecule has 0 aliphatic carbocycles. The maximum absolute atomic E-state index is 10.8. The van der Waals surface area contributed by atoms with Crippen molar-refractivity contribution in [2.24, 2.45) is 0 Å². The molecule has 1 aromatic rings. The molecule has 3 nitrogen and oxygen atoms in total. The third kappa shape index (κ3) is 3.39. The van der Waals surface area contributed by atoms with Crippen LogP contribution in [-0.4, -0.2) is 19.0 Å². The first-order chi connectivity index (χ1) is 8.27. The Bertz CT molecular complexity index is 455. The monoisotopic (exact) mass is 269 g/mol. The molecule has 0 aromatic heterocycles. The van der Waals surface area contributed by atoms with Gasteiger partial charge in [-0.15, -0.1) is 0 Å². The van der Waals surface area contributed by atoms with Gasteiger partial charge >= 0.3 is 5.37 Å². The van der Waals surface area contributed by atoms with Gasteiger partial charge in [0.15, 0.2) is 0 Å². The van der Waals surface area contributed by atoms with Gasteiger partial charge in [-0.25, -0.2) is 0 Å². The van der Waals surface area contributed by atoms with E-state index < -0.39 is 5.37 Å². The summed E-state index contributed by atoms with van der Waals surface area (Å²) in [5.74, 6) is 0.848. The minimum absolute atomic E-state index is 0.242. The van der Waals surface area contributed by atoms with Gasteiger partial charge in [0, 0.05) is 17.5 Å². The second kappa shape index (κ2) is 5.61. The lowest BCUT2D eigenvalue weighted by atomic mass is 9.80. The highest BCUT2D eigenvalue weighted by Gasteiger charge is 2.27. The van der Waals surface area contributed by atoms with Crippen molar-refractivity contribution < 1.29 is 9.53 Å². The smallest absolute Gasteiger partial charge is 0.313 e. The number of methoxy groups -OCH3 is 1. The van der Waals surface area contributed by atoms with Crippen LogP contribution in [0, 0.1) is 13.8 Å². The maximum Gasteiger partial charge on any atom is 0.313 e. The molecule has 100 valence electrons. The number of hydrogen-bond donors (Lipinski definition) is 1. The lowest BCUT2D eigenvalue weighted by Crippen LogP contribution is -2.35. The fourth-order valence-corrected chi connectivity index (χ4v) is 2.40. The largest absolute Gasteiger partial charge is 0.496 e. The van der Waals surface area contributed by atoms with Crippen molar-refractivity contribution >= 4 is 17.0 Å². The second-order valence-corrected chi connectivity index (χ2v) is 5.51. The topological polar surface area (TPSA) is 38.3 Å². The van der Waals surface area contributed by atoms with E-state index >= 15 is 0 Å². The summed E-state index contributed by atoms with van der Waals surface area (Å²) in [7, 11) is 1.66. The van der Waals surface area contributed by atoms with Crippen LogP contribution < -0.4 is 10.1 Å². The van der Waals surface area contributed by atoms with Crippen molar-refractivity contribution in [1.82, 2.24) is 5.32 Å². The van der Waals surface area contributed by atoms with Crippen LogP contribution in [0.5, 0.6) is 5.75 Å². The predicted octanol–water partition coefficient (Wildman–Crippen LogP) is 3.54. The molecule has 0 saturated carbocycles. The van der Waals surface area contributed by atoms with Crippen LogP contribution in [0.25, 0.3) is 0 Å². The number of carbonyl (C=O) groups excluding carboxylic acids is 1. The summed E-state index contributed by atoms with van der Waals surface area (Å²) in [5, 5.41) is 2.11. The van der Waals surface area contributed by atoms with E-state index in [4.69, 9.17) is 16.3 Å². The molecule has 0 fully saturated rings. The minimum atomic E-state index is -0.535. The number of ether oxygens (including phenoxy) is 1. The molecule has 1 N–H and O–H groups in total. The Kier molecular flexibility index (Phi) is 4.63.